The first kappa shape index (κ1) is 15.8. The largest absolute Gasteiger partial charge is 0.497 e. The first-order valence-corrected chi connectivity index (χ1v) is 7.38. The van der Waals surface area contributed by atoms with E-state index in [-0.39, 0.29) is 24.2 Å². The van der Waals surface area contributed by atoms with Gasteiger partial charge in [0, 0.05) is 6.61 Å². The van der Waals surface area contributed by atoms with Crippen molar-refractivity contribution in [1.82, 2.24) is 10.2 Å². The van der Waals surface area contributed by atoms with E-state index in [1.54, 1.807) is 7.11 Å². The van der Waals surface area contributed by atoms with E-state index in [2.05, 4.69) is 5.32 Å². The zero-order valence-electron chi connectivity index (χ0n) is 13.1. The number of amides is 1. The molecule has 1 amide bonds. The Bertz CT molecular complexity index is 475. The minimum atomic E-state index is -0.179. The molecule has 0 aliphatic carbocycles. The van der Waals surface area contributed by atoms with E-state index in [1.807, 2.05) is 49.9 Å². The highest BCUT2D eigenvalue weighted by Crippen LogP contribution is 2.28. The Labute approximate surface area is 126 Å². The summed E-state index contributed by atoms with van der Waals surface area (Å²) in [4.78, 5) is 14.3. The Balaban J connectivity index is 2.20. The van der Waals surface area contributed by atoms with Crippen molar-refractivity contribution in [2.45, 2.75) is 39.0 Å². The van der Waals surface area contributed by atoms with Crippen LogP contribution >= 0.6 is 0 Å². The molecule has 2 rings (SSSR count). The van der Waals surface area contributed by atoms with Gasteiger partial charge in [0.2, 0.25) is 5.91 Å². The van der Waals surface area contributed by atoms with Gasteiger partial charge >= 0.3 is 0 Å². The molecule has 1 aromatic carbocycles. The first-order chi connectivity index (χ1) is 10.1. The molecule has 21 heavy (non-hydrogen) atoms. The van der Waals surface area contributed by atoms with Crippen molar-refractivity contribution in [3.8, 4) is 5.75 Å². The third-order valence-corrected chi connectivity index (χ3v) is 3.78. The summed E-state index contributed by atoms with van der Waals surface area (Å²) in [5.41, 5.74) is 1.05. The van der Waals surface area contributed by atoms with Crippen LogP contribution in [-0.4, -0.2) is 43.2 Å². The van der Waals surface area contributed by atoms with Crippen LogP contribution in [0.5, 0.6) is 5.75 Å². The number of ether oxygens (including phenoxy) is 2. The average Bonchev–Trinajstić information content (AvgIpc) is 2.80. The van der Waals surface area contributed by atoms with Crippen LogP contribution in [-0.2, 0) is 9.53 Å². The van der Waals surface area contributed by atoms with E-state index in [9.17, 15) is 4.79 Å². The van der Waals surface area contributed by atoms with E-state index in [1.165, 1.54) is 0 Å². The molecule has 3 unspecified atom stereocenters. The van der Waals surface area contributed by atoms with Gasteiger partial charge in [-0.05, 0) is 38.5 Å². The Kier molecular flexibility index (Phi) is 5.20. The van der Waals surface area contributed by atoms with Crippen molar-refractivity contribution in [3.05, 3.63) is 29.8 Å². The van der Waals surface area contributed by atoms with Crippen molar-refractivity contribution in [2.75, 3.05) is 20.3 Å². The van der Waals surface area contributed by atoms with E-state index >= 15 is 0 Å². The van der Waals surface area contributed by atoms with Gasteiger partial charge in [-0.15, -0.1) is 0 Å². The van der Waals surface area contributed by atoms with Gasteiger partial charge in [0.1, 0.15) is 11.9 Å². The lowest BCUT2D eigenvalue weighted by atomic mass is 10.1. The second-order valence-electron chi connectivity index (χ2n) is 5.32. The highest BCUT2D eigenvalue weighted by Gasteiger charge is 2.39. The maximum absolute atomic E-state index is 12.4. The molecule has 0 bridgehead atoms. The Morgan fingerprint density at radius 2 is 2.00 bits per heavy atom. The molecule has 3 atom stereocenters. The minimum absolute atomic E-state index is 0.0296. The molecule has 1 aliphatic rings. The summed E-state index contributed by atoms with van der Waals surface area (Å²) in [6.07, 6.45) is -0.117. The van der Waals surface area contributed by atoms with Crippen LogP contribution in [0.15, 0.2) is 24.3 Å². The molecular weight excluding hydrogens is 268 g/mol. The molecule has 1 aliphatic heterocycles. The van der Waals surface area contributed by atoms with E-state index < -0.39 is 0 Å². The minimum Gasteiger partial charge on any atom is -0.497 e. The van der Waals surface area contributed by atoms with E-state index in [0.29, 0.717) is 13.2 Å². The lowest BCUT2D eigenvalue weighted by molar-refractivity contribution is -0.133. The lowest BCUT2D eigenvalue weighted by Crippen LogP contribution is -2.41. The smallest absolute Gasteiger partial charge is 0.241 e. The summed E-state index contributed by atoms with van der Waals surface area (Å²) in [7, 11) is 1.64. The first-order valence-electron chi connectivity index (χ1n) is 7.38. The number of carbonyl (C=O) groups is 1. The Morgan fingerprint density at radius 3 is 2.57 bits per heavy atom. The fourth-order valence-corrected chi connectivity index (χ4v) is 2.62. The lowest BCUT2D eigenvalue weighted by Gasteiger charge is -2.30. The van der Waals surface area contributed by atoms with Crippen LogP contribution in [0.1, 0.15) is 32.5 Å². The molecule has 1 aromatic rings. The van der Waals surface area contributed by atoms with E-state index in [4.69, 9.17) is 9.47 Å². The number of carbonyl (C=O) groups excluding carboxylic acids is 1. The van der Waals surface area contributed by atoms with Gasteiger partial charge in [0.05, 0.1) is 25.8 Å². The molecule has 5 nitrogen and oxygen atoms in total. The molecule has 0 radical (unpaired) electrons. The topological polar surface area (TPSA) is 50.8 Å². The molecule has 0 spiro atoms. The molecule has 5 heteroatoms. The molecule has 0 saturated carbocycles. The Morgan fingerprint density at radius 1 is 1.33 bits per heavy atom. The number of methoxy groups -OCH3 is 1. The fourth-order valence-electron chi connectivity index (χ4n) is 2.62. The predicted molar refractivity (Wildman–Crippen MR) is 81.1 cm³/mol. The summed E-state index contributed by atoms with van der Waals surface area (Å²) < 4.78 is 10.7. The summed E-state index contributed by atoms with van der Waals surface area (Å²) in [6, 6.07) is 7.65. The maximum atomic E-state index is 12.4. The highest BCUT2D eigenvalue weighted by molar-refractivity contribution is 5.84. The molecule has 1 fully saturated rings. The average molecular weight is 292 g/mol. The normalized spacial score (nSPS) is 23.4. The second-order valence-corrected chi connectivity index (χ2v) is 5.32. The Hall–Kier alpha value is -1.59. The number of hydrogen-bond acceptors (Lipinski definition) is 4. The zero-order valence-corrected chi connectivity index (χ0v) is 13.1. The SMILES string of the molecule is CCOCC(C)N1C(=O)C(C)NC1c1ccc(OC)cc1. The third kappa shape index (κ3) is 3.36. The summed E-state index contributed by atoms with van der Waals surface area (Å²) in [5.74, 6) is 0.924. The van der Waals surface area contributed by atoms with Crippen LogP contribution in [0.2, 0.25) is 0 Å². The summed E-state index contributed by atoms with van der Waals surface area (Å²) in [6.45, 7) is 7.07. The van der Waals surface area contributed by atoms with E-state index in [0.717, 1.165) is 11.3 Å². The van der Waals surface area contributed by atoms with Crippen molar-refractivity contribution in [1.29, 1.82) is 0 Å². The van der Waals surface area contributed by atoms with Gasteiger partial charge in [0.25, 0.3) is 0 Å². The van der Waals surface area contributed by atoms with Crippen molar-refractivity contribution >= 4 is 5.91 Å². The molecule has 0 aromatic heterocycles. The van der Waals surface area contributed by atoms with Crippen molar-refractivity contribution in [2.24, 2.45) is 0 Å². The quantitative estimate of drug-likeness (QED) is 0.870. The van der Waals surface area contributed by atoms with Crippen LogP contribution in [0, 0.1) is 0 Å². The standard InChI is InChI=1S/C16H24N2O3/c1-5-21-10-11(2)18-15(17-12(3)16(18)19)13-6-8-14(20-4)9-7-13/h6-9,11-12,15,17H,5,10H2,1-4H3. The maximum Gasteiger partial charge on any atom is 0.241 e. The number of nitrogens with one attached hydrogen (secondary N) is 1. The number of nitrogens with zero attached hydrogens (tertiary/aromatic N) is 1. The second kappa shape index (κ2) is 6.91. The van der Waals surface area contributed by atoms with Crippen LogP contribution < -0.4 is 10.1 Å². The summed E-state index contributed by atoms with van der Waals surface area (Å²) >= 11 is 0. The zero-order chi connectivity index (χ0) is 15.4. The van der Waals surface area contributed by atoms with Crippen molar-refractivity contribution in [3.63, 3.8) is 0 Å². The van der Waals surface area contributed by atoms with Crippen LogP contribution in [0.4, 0.5) is 0 Å². The van der Waals surface area contributed by atoms with Gasteiger partial charge in [-0.1, -0.05) is 12.1 Å². The molecule has 116 valence electrons. The van der Waals surface area contributed by atoms with Gasteiger partial charge in [-0.3, -0.25) is 10.1 Å². The van der Waals surface area contributed by atoms with Crippen molar-refractivity contribution < 1.29 is 14.3 Å². The molecule has 1 N–H and O–H groups in total. The van der Waals surface area contributed by atoms with Gasteiger partial charge in [-0.25, -0.2) is 0 Å². The monoisotopic (exact) mass is 292 g/mol. The number of rotatable bonds is 6. The number of benzene rings is 1. The highest BCUT2D eigenvalue weighted by atomic mass is 16.5. The number of hydrogen-bond donors (Lipinski definition) is 1. The van der Waals surface area contributed by atoms with Crippen LogP contribution in [0.25, 0.3) is 0 Å². The third-order valence-electron chi connectivity index (χ3n) is 3.78. The molecule has 1 heterocycles. The predicted octanol–water partition coefficient (Wildman–Crippen LogP) is 1.94. The van der Waals surface area contributed by atoms with Gasteiger partial charge in [0.15, 0.2) is 0 Å². The fraction of sp³-hybridized carbons (Fsp3) is 0.562. The molecule has 1 saturated heterocycles. The van der Waals surface area contributed by atoms with Gasteiger partial charge in [-0.2, -0.15) is 0 Å². The summed E-state index contributed by atoms with van der Waals surface area (Å²) in [5, 5.41) is 3.34. The van der Waals surface area contributed by atoms with Gasteiger partial charge < -0.3 is 14.4 Å². The van der Waals surface area contributed by atoms with Crippen LogP contribution in [0.3, 0.4) is 0 Å². The molecular formula is C16H24N2O3.